The van der Waals surface area contributed by atoms with Crippen molar-refractivity contribution in [1.29, 1.82) is 0 Å². The smallest absolute Gasteiger partial charge is 0.464 e. The van der Waals surface area contributed by atoms with Gasteiger partial charge in [0.25, 0.3) is 0 Å². The van der Waals surface area contributed by atoms with Crippen LogP contribution in [0.2, 0.25) is 5.02 Å². The molecule has 0 radical (unpaired) electrons. The van der Waals surface area contributed by atoms with Crippen LogP contribution in [-0.2, 0) is 26.9 Å². The summed E-state index contributed by atoms with van der Waals surface area (Å²) in [6.45, 7) is 6.90. The minimum absolute atomic E-state index is 0.0314. The topological polar surface area (TPSA) is 86.7 Å². The fourth-order valence-electron chi connectivity index (χ4n) is 7.14. The van der Waals surface area contributed by atoms with Gasteiger partial charge in [0.2, 0.25) is 5.91 Å². The van der Waals surface area contributed by atoms with Crippen molar-refractivity contribution in [1.82, 2.24) is 5.32 Å². The van der Waals surface area contributed by atoms with Crippen LogP contribution in [-0.4, -0.2) is 43.2 Å². The van der Waals surface area contributed by atoms with Crippen molar-refractivity contribution in [2.45, 2.75) is 69.0 Å². The standard InChI is InChI=1S/C30H38BClN2O4S/c1-29(2)20-14-25(29)30(3)26(15-20)37-31(38-30)27(12-19-17-36-24-9-7-6-8-22(19)24)34-28(35)13-18-10-11-21(16-23(18)32)39(4,5)33/h6-11,16-17,20,25-27H,12-15,33H2,1-5H3,(H,34,35)/t20?,25?,26?,27?,30-/m0/s1. The molecule has 1 aliphatic heterocycles. The van der Waals surface area contributed by atoms with Crippen LogP contribution in [0.4, 0.5) is 0 Å². The van der Waals surface area contributed by atoms with Crippen molar-refractivity contribution in [2.24, 2.45) is 22.4 Å². The van der Waals surface area contributed by atoms with E-state index in [0.29, 0.717) is 23.3 Å². The molecule has 3 aromatic rings. The SMILES string of the molecule is CC1(C)C2CC3OB(C(Cc4coc5ccccc45)NC(=O)Cc4ccc(S(C)(C)N)cc4Cl)O[C@@]3(C)C1C2. The summed E-state index contributed by atoms with van der Waals surface area (Å²) in [5, 5.41) is 11.2. The number of amides is 1. The molecule has 4 unspecified atom stereocenters. The molecule has 1 aromatic heterocycles. The molecule has 4 fully saturated rings. The van der Waals surface area contributed by atoms with Crippen LogP contribution in [0.1, 0.15) is 44.7 Å². The van der Waals surface area contributed by atoms with Gasteiger partial charge in [-0.15, -0.1) is 0 Å². The number of carbonyl (C=O) groups is 1. The number of halogens is 1. The molecule has 0 spiro atoms. The Balaban J connectivity index is 1.25. The van der Waals surface area contributed by atoms with Crippen molar-refractivity contribution < 1.29 is 18.5 Å². The third kappa shape index (κ3) is 4.72. The molecule has 6 nitrogen and oxygen atoms in total. The van der Waals surface area contributed by atoms with Crippen LogP contribution < -0.4 is 10.5 Å². The predicted molar refractivity (Wildman–Crippen MR) is 159 cm³/mol. The third-order valence-corrected chi connectivity index (χ3v) is 11.4. The molecule has 1 amide bonds. The van der Waals surface area contributed by atoms with E-state index >= 15 is 0 Å². The summed E-state index contributed by atoms with van der Waals surface area (Å²) in [6, 6.07) is 13.7. The second kappa shape index (κ2) is 9.56. The lowest BCUT2D eigenvalue weighted by atomic mass is 9.43. The lowest BCUT2D eigenvalue weighted by Crippen LogP contribution is -2.65. The first-order valence-corrected chi connectivity index (χ1v) is 16.6. The van der Waals surface area contributed by atoms with Crippen molar-refractivity contribution in [3.63, 3.8) is 0 Å². The fraction of sp³-hybridized carbons (Fsp3) is 0.500. The molecule has 1 saturated heterocycles. The van der Waals surface area contributed by atoms with Gasteiger partial charge in [0, 0.05) is 15.3 Å². The molecule has 9 heteroatoms. The number of nitrogens with one attached hydrogen (secondary N) is 1. The zero-order chi connectivity index (χ0) is 27.7. The quantitative estimate of drug-likeness (QED) is 0.346. The lowest BCUT2D eigenvalue weighted by molar-refractivity contribution is -0.199. The van der Waals surface area contributed by atoms with Gasteiger partial charge in [-0.2, -0.15) is 10.2 Å². The number of hydrogen-bond donors (Lipinski definition) is 2. The zero-order valence-electron chi connectivity index (χ0n) is 23.3. The number of rotatable bonds is 7. The van der Waals surface area contributed by atoms with Gasteiger partial charge < -0.3 is 19.0 Å². The number of nitrogens with two attached hydrogens (primary N) is 1. The van der Waals surface area contributed by atoms with Gasteiger partial charge in [0.15, 0.2) is 0 Å². The van der Waals surface area contributed by atoms with Crippen LogP contribution in [0.25, 0.3) is 11.0 Å². The van der Waals surface area contributed by atoms with Crippen LogP contribution >= 0.6 is 21.8 Å². The van der Waals surface area contributed by atoms with E-state index in [-0.39, 0.29) is 35.4 Å². The van der Waals surface area contributed by atoms with Gasteiger partial charge in [0.1, 0.15) is 5.58 Å². The van der Waals surface area contributed by atoms with Gasteiger partial charge in [-0.25, -0.2) is 0 Å². The second-order valence-electron chi connectivity index (χ2n) is 12.8. The minimum atomic E-state index is -1.40. The highest BCUT2D eigenvalue weighted by molar-refractivity contribution is 8.30. The summed E-state index contributed by atoms with van der Waals surface area (Å²) in [7, 11) is -1.95. The first-order valence-electron chi connectivity index (χ1n) is 13.7. The largest absolute Gasteiger partial charge is 0.482 e. The summed E-state index contributed by atoms with van der Waals surface area (Å²) in [6.07, 6.45) is 8.70. The normalized spacial score (nSPS) is 28.6. The molecule has 3 aliphatic carbocycles. The van der Waals surface area contributed by atoms with E-state index in [1.165, 1.54) is 6.42 Å². The molecule has 2 heterocycles. The Morgan fingerprint density at radius 3 is 2.67 bits per heavy atom. The van der Waals surface area contributed by atoms with Crippen LogP contribution in [0.3, 0.4) is 0 Å². The number of hydrogen-bond acceptors (Lipinski definition) is 5. The summed E-state index contributed by atoms with van der Waals surface area (Å²) < 4.78 is 19.2. The highest BCUT2D eigenvalue weighted by Crippen LogP contribution is 2.65. The molecule has 3 N–H and O–H groups in total. The van der Waals surface area contributed by atoms with Gasteiger partial charge in [-0.1, -0.05) is 49.7 Å². The molecule has 2 bridgehead atoms. The number of carbonyl (C=O) groups excluding carboxylic acids is 1. The first-order chi connectivity index (χ1) is 18.4. The van der Waals surface area contributed by atoms with Crippen molar-refractivity contribution in [2.75, 3.05) is 12.5 Å². The number of para-hydroxylation sites is 1. The van der Waals surface area contributed by atoms with Crippen LogP contribution in [0.15, 0.2) is 58.0 Å². The molecule has 7 rings (SSSR count). The van der Waals surface area contributed by atoms with E-state index in [9.17, 15) is 4.79 Å². The van der Waals surface area contributed by atoms with E-state index < -0.39 is 17.3 Å². The average molecular weight is 569 g/mol. The monoisotopic (exact) mass is 568 g/mol. The highest BCUT2D eigenvalue weighted by atomic mass is 35.5. The molecule has 39 heavy (non-hydrogen) atoms. The average Bonchev–Trinajstić information content (AvgIpc) is 3.44. The summed E-state index contributed by atoms with van der Waals surface area (Å²) in [5.74, 6) is 0.584. The van der Waals surface area contributed by atoms with E-state index in [4.69, 9.17) is 30.5 Å². The molecule has 5 atom stereocenters. The molecule has 2 aromatic carbocycles. The number of furan rings is 1. The minimum Gasteiger partial charge on any atom is -0.464 e. The second-order valence-corrected chi connectivity index (χ2v) is 16.5. The summed E-state index contributed by atoms with van der Waals surface area (Å²) >= 11 is 6.59. The summed E-state index contributed by atoms with van der Waals surface area (Å²) in [4.78, 5) is 14.5. The predicted octanol–water partition coefficient (Wildman–Crippen LogP) is 5.92. The third-order valence-electron chi connectivity index (χ3n) is 9.63. The van der Waals surface area contributed by atoms with Crippen LogP contribution in [0, 0.1) is 17.3 Å². The number of benzene rings is 2. The molecular formula is C30H38BClN2O4S. The maximum atomic E-state index is 13.5. The van der Waals surface area contributed by atoms with E-state index in [1.807, 2.05) is 55.0 Å². The Labute approximate surface area is 237 Å². The zero-order valence-corrected chi connectivity index (χ0v) is 24.9. The molecule has 4 aliphatic rings. The Hall–Kier alpha value is -1.97. The van der Waals surface area contributed by atoms with E-state index in [0.717, 1.165) is 33.4 Å². The summed E-state index contributed by atoms with van der Waals surface area (Å²) in [5.41, 5.74) is 2.49. The lowest BCUT2D eigenvalue weighted by Gasteiger charge is -2.64. The van der Waals surface area contributed by atoms with Gasteiger partial charge in [0.05, 0.1) is 30.3 Å². The number of fused-ring (bicyclic) bond motifs is 1. The Bertz CT molecular complexity index is 1420. The highest BCUT2D eigenvalue weighted by Gasteiger charge is 2.68. The first kappa shape index (κ1) is 27.2. The maximum Gasteiger partial charge on any atom is 0.482 e. The van der Waals surface area contributed by atoms with Gasteiger partial charge in [-0.3, -0.25) is 9.93 Å². The Morgan fingerprint density at radius 1 is 1.18 bits per heavy atom. The van der Waals surface area contributed by atoms with Gasteiger partial charge >= 0.3 is 7.12 Å². The molecule has 208 valence electrons. The Kier molecular flexibility index (Phi) is 6.67. The van der Waals surface area contributed by atoms with E-state index in [1.54, 1.807) is 6.26 Å². The van der Waals surface area contributed by atoms with Crippen molar-refractivity contribution in [3.05, 3.63) is 64.9 Å². The van der Waals surface area contributed by atoms with Gasteiger partial charge in [-0.05, 0) is 85.3 Å². The van der Waals surface area contributed by atoms with E-state index in [2.05, 4.69) is 26.1 Å². The van der Waals surface area contributed by atoms with Crippen molar-refractivity contribution >= 4 is 45.8 Å². The maximum absolute atomic E-state index is 13.5. The molecular weight excluding hydrogens is 531 g/mol. The van der Waals surface area contributed by atoms with Crippen molar-refractivity contribution in [3.8, 4) is 0 Å². The molecule has 3 saturated carbocycles. The Morgan fingerprint density at radius 2 is 1.95 bits per heavy atom. The fourth-order valence-corrected chi connectivity index (χ4v) is 8.30. The van der Waals surface area contributed by atoms with Crippen LogP contribution in [0.5, 0.6) is 0 Å².